The van der Waals surface area contributed by atoms with E-state index in [1.807, 2.05) is 0 Å². The van der Waals surface area contributed by atoms with E-state index >= 15 is 0 Å². The van der Waals surface area contributed by atoms with Crippen LogP contribution in [0.1, 0.15) is 58.1 Å². The summed E-state index contributed by atoms with van der Waals surface area (Å²) < 4.78 is 0. The number of anilines is 1. The Bertz CT molecular complexity index is 381. The van der Waals surface area contributed by atoms with Crippen molar-refractivity contribution in [3.8, 4) is 0 Å². The van der Waals surface area contributed by atoms with E-state index in [0.717, 1.165) is 25.4 Å². The Balaban J connectivity index is 2.01. The van der Waals surface area contributed by atoms with E-state index in [0.29, 0.717) is 6.04 Å². The molecule has 20 heavy (non-hydrogen) atoms. The highest BCUT2D eigenvalue weighted by molar-refractivity contribution is 5.48. The van der Waals surface area contributed by atoms with Gasteiger partial charge in [0.2, 0.25) is 0 Å². The van der Waals surface area contributed by atoms with E-state index in [1.54, 1.807) is 0 Å². The van der Waals surface area contributed by atoms with Gasteiger partial charge in [0.05, 0.1) is 0 Å². The van der Waals surface area contributed by atoms with Crippen LogP contribution in [0, 0.1) is 5.92 Å². The van der Waals surface area contributed by atoms with Gasteiger partial charge in [-0.1, -0.05) is 32.4 Å². The number of hydrogen-bond acceptors (Lipinski definition) is 2. The molecule has 1 N–H and O–H groups in total. The van der Waals surface area contributed by atoms with Crippen molar-refractivity contribution in [2.24, 2.45) is 5.92 Å². The van der Waals surface area contributed by atoms with Crippen molar-refractivity contribution in [1.29, 1.82) is 0 Å². The molecule has 0 heterocycles. The number of nitrogens with one attached hydrogen (secondary N) is 1. The molecule has 2 rings (SSSR count). The van der Waals surface area contributed by atoms with E-state index in [2.05, 4.69) is 55.3 Å². The molecular weight excluding hydrogens is 244 g/mol. The van der Waals surface area contributed by atoms with Crippen LogP contribution in [0.4, 0.5) is 5.69 Å². The summed E-state index contributed by atoms with van der Waals surface area (Å²) in [6.07, 6.45) is 5.43. The van der Waals surface area contributed by atoms with Crippen LogP contribution in [0.25, 0.3) is 0 Å². The highest BCUT2D eigenvalue weighted by Crippen LogP contribution is 2.29. The molecule has 0 radical (unpaired) electrons. The van der Waals surface area contributed by atoms with Crippen LogP contribution in [0.2, 0.25) is 0 Å². The zero-order valence-corrected chi connectivity index (χ0v) is 13.4. The zero-order chi connectivity index (χ0) is 14.4. The van der Waals surface area contributed by atoms with Crippen LogP contribution in [-0.2, 0) is 0 Å². The normalized spacial score (nSPS) is 16.8. The van der Waals surface area contributed by atoms with Gasteiger partial charge in [-0.3, -0.25) is 0 Å². The fraction of sp³-hybridized carbons (Fsp3) is 0.667. The van der Waals surface area contributed by atoms with Gasteiger partial charge in [-0.25, -0.2) is 0 Å². The lowest BCUT2D eigenvalue weighted by atomic mass is 9.85. The first-order valence-corrected chi connectivity index (χ1v) is 8.36. The van der Waals surface area contributed by atoms with E-state index in [9.17, 15) is 0 Å². The number of nitrogens with zero attached hydrogens (tertiary/aromatic N) is 1. The van der Waals surface area contributed by atoms with Crippen LogP contribution >= 0.6 is 0 Å². The molecule has 1 aromatic carbocycles. The average Bonchev–Trinajstić information content (AvgIpc) is 2.44. The van der Waals surface area contributed by atoms with Gasteiger partial charge in [-0.15, -0.1) is 0 Å². The third-order valence-corrected chi connectivity index (χ3v) is 4.60. The zero-order valence-electron chi connectivity index (χ0n) is 13.4. The van der Waals surface area contributed by atoms with Crippen LogP contribution < -0.4 is 10.2 Å². The second kappa shape index (κ2) is 7.68. The highest BCUT2D eigenvalue weighted by atomic mass is 15.1. The van der Waals surface area contributed by atoms with Gasteiger partial charge in [0.1, 0.15) is 0 Å². The molecule has 1 saturated carbocycles. The lowest BCUT2D eigenvalue weighted by Crippen LogP contribution is -2.32. The molecule has 0 aliphatic heterocycles. The van der Waals surface area contributed by atoms with Crippen molar-refractivity contribution < 1.29 is 0 Å². The minimum absolute atomic E-state index is 0.496. The van der Waals surface area contributed by atoms with Crippen molar-refractivity contribution in [1.82, 2.24) is 5.32 Å². The molecule has 0 saturated heterocycles. The predicted molar refractivity (Wildman–Crippen MR) is 88.4 cm³/mol. The molecule has 112 valence electrons. The molecule has 2 nitrogen and oxygen atoms in total. The lowest BCUT2D eigenvalue weighted by molar-refractivity contribution is 0.318. The van der Waals surface area contributed by atoms with Gasteiger partial charge in [-0.2, -0.15) is 0 Å². The van der Waals surface area contributed by atoms with E-state index < -0.39 is 0 Å². The maximum absolute atomic E-state index is 3.55. The largest absolute Gasteiger partial charge is 0.372 e. The van der Waals surface area contributed by atoms with Gasteiger partial charge in [-0.05, 0) is 56.3 Å². The van der Waals surface area contributed by atoms with Gasteiger partial charge in [0.25, 0.3) is 0 Å². The molecule has 1 atom stereocenters. The van der Waals surface area contributed by atoms with Gasteiger partial charge >= 0.3 is 0 Å². The second-order valence-electron chi connectivity index (χ2n) is 5.95. The van der Waals surface area contributed by atoms with Crippen molar-refractivity contribution in [3.63, 3.8) is 0 Å². The maximum Gasteiger partial charge on any atom is 0.0366 e. The Morgan fingerprint density at radius 1 is 1.15 bits per heavy atom. The summed E-state index contributed by atoms with van der Waals surface area (Å²) >= 11 is 0. The van der Waals surface area contributed by atoms with E-state index in [-0.39, 0.29) is 0 Å². The Morgan fingerprint density at radius 3 is 2.30 bits per heavy atom. The molecule has 2 heteroatoms. The first kappa shape index (κ1) is 15.4. The Morgan fingerprint density at radius 2 is 1.85 bits per heavy atom. The van der Waals surface area contributed by atoms with Crippen LogP contribution in [0.3, 0.4) is 0 Å². The third kappa shape index (κ3) is 3.76. The SMILES string of the molecule is CCNC(CC)c1ccc(N(CC)CC2CCC2)cc1. The summed E-state index contributed by atoms with van der Waals surface area (Å²) in [7, 11) is 0. The molecule has 0 spiro atoms. The van der Waals surface area contributed by atoms with Gasteiger partial charge < -0.3 is 10.2 Å². The summed E-state index contributed by atoms with van der Waals surface area (Å²) in [5, 5.41) is 3.55. The van der Waals surface area contributed by atoms with Crippen molar-refractivity contribution in [3.05, 3.63) is 29.8 Å². The van der Waals surface area contributed by atoms with Crippen molar-refractivity contribution in [2.75, 3.05) is 24.5 Å². The first-order chi connectivity index (χ1) is 9.78. The summed E-state index contributed by atoms with van der Waals surface area (Å²) in [4.78, 5) is 2.53. The summed E-state index contributed by atoms with van der Waals surface area (Å²) in [5.74, 6) is 0.930. The monoisotopic (exact) mass is 274 g/mol. The van der Waals surface area contributed by atoms with E-state index in [4.69, 9.17) is 0 Å². The summed E-state index contributed by atoms with van der Waals surface area (Å²) in [6.45, 7) is 10.1. The van der Waals surface area contributed by atoms with Gasteiger partial charge in [0, 0.05) is 24.8 Å². The molecule has 0 aromatic heterocycles. The van der Waals surface area contributed by atoms with Crippen LogP contribution in [0.5, 0.6) is 0 Å². The van der Waals surface area contributed by atoms with Crippen molar-refractivity contribution >= 4 is 5.69 Å². The second-order valence-corrected chi connectivity index (χ2v) is 5.95. The topological polar surface area (TPSA) is 15.3 Å². The standard InChI is InChI=1S/C18H30N2/c1-4-18(19-5-2)16-10-12-17(13-11-16)20(6-3)14-15-8-7-9-15/h10-13,15,18-19H,4-9,14H2,1-3H3. The quantitative estimate of drug-likeness (QED) is 0.757. The minimum atomic E-state index is 0.496. The first-order valence-electron chi connectivity index (χ1n) is 8.36. The fourth-order valence-electron chi connectivity index (χ4n) is 3.07. The lowest BCUT2D eigenvalue weighted by Gasteiger charge is -2.33. The van der Waals surface area contributed by atoms with Crippen LogP contribution in [-0.4, -0.2) is 19.6 Å². The summed E-state index contributed by atoms with van der Waals surface area (Å²) in [5.41, 5.74) is 2.80. The minimum Gasteiger partial charge on any atom is -0.372 e. The Hall–Kier alpha value is -1.02. The maximum atomic E-state index is 3.55. The molecule has 0 amide bonds. The highest BCUT2D eigenvalue weighted by Gasteiger charge is 2.20. The van der Waals surface area contributed by atoms with Crippen molar-refractivity contribution in [2.45, 2.75) is 52.5 Å². The molecule has 1 fully saturated rings. The molecule has 1 aliphatic rings. The Kier molecular flexibility index (Phi) is 5.90. The Labute approximate surface area is 124 Å². The summed E-state index contributed by atoms with van der Waals surface area (Å²) in [6, 6.07) is 9.70. The molecule has 1 aromatic rings. The van der Waals surface area contributed by atoms with E-state index in [1.165, 1.54) is 37.1 Å². The van der Waals surface area contributed by atoms with Gasteiger partial charge in [0.15, 0.2) is 0 Å². The fourth-order valence-corrected chi connectivity index (χ4v) is 3.07. The molecule has 1 unspecified atom stereocenters. The molecule has 0 bridgehead atoms. The third-order valence-electron chi connectivity index (χ3n) is 4.60. The number of rotatable bonds is 8. The smallest absolute Gasteiger partial charge is 0.0366 e. The van der Waals surface area contributed by atoms with Crippen LogP contribution in [0.15, 0.2) is 24.3 Å². The predicted octanol–water partition coefficient (Wildman–Crippen LogP) is 4.37. The average molecular weight is 274 g/mol. The molecular formula is C18H30N2. The number of benzene rings is 1. The number of hydrogen-bond donors (Lipinski definition) is 1. The molecule has 1 aliphatic carbocycles.